The maximum absolute atomic E-state index is 3.44. The molecular weight excluding hydrogens is 326 g/mol. The van der Waals surface area contributed by atoms with Crippen molar-refractivity contribution < 1.29 is 0 Å². The molecule has 1 aliphatic carbocycles. The van der Waals surface area contributed by atoms with Crippen molar-refractivity contribution >= 4 is 6.08 Å². The van der Waals surface area contributed by atoms with Crippen molar-refractivity contribution in [1.82, 2.24) is 4.98 Å². The van der Waals surface area contributed by atoms with Gasteiger partial charge in [-0.05, 0) is 103 Å². The van der Waals surface area contributed by atoms with E-state index in [0.29, 0.717) is 0 Å². The van der Waals surface area contributed by atoms with E-state index in [1.54, 1.807) is 0 Å². The van der Waals surface area contributed by atoms with Gasteiger partial charge >= 0.3 is 0 Å². The normalized spacial score (nSPS) is 12.9. The van der Waals surface area contributed by atoms with E-state index in [0.717, 1.165) is 6.42 Å². The first-order valence-electron chi connectivity index (χ1n) is 9.73. The van der Waals surface area contributed by atoms with Crippen LogP contribution in [0.5, 0.6) is 0 Å². The van der Waals surface area contributed by atoms with Crippen molar-refractivity contribution in [2.45, 2.75) is 41.0 Å². The van der Waals surface area contributed by atoms with E-state index >= 15 is 0 Å². The second-order valence-electron chi connectivity index (χ2n) is 7.56. The molecule has 0 amide bonds. The predicted molar refractivity (Wildman–Crippen MR) is 117 cm³/mol. The average molecular weight is 354 g/mol. The first-order chi connectivity index (χ1) is 13.0. The van der Waals surface area contributed by atoms with Crippen LogP contribution in [-0.2, 0) is 6.42 Å². The summed E-state index contributed by atoms with van der Waals surface area (Å²) in [4.78, 5) is 3.44. The molecule has 0 radical (unpaired) electrons. The van der Waals surface area contributed by atoms with Crippen LogP contribution in [0, 0.1) is 27.7 Å². The highest BCUT2D eigenvalue weighted by Crippen LogP contribution is 2.48. The van der Waals surface area contributed by atoms with E-state index in [9.17, 15) is 0 Å². The third-order valence-electron chi connectivity index (χ3n) is 6.14. The molecule has 2 aromatic carbocycles. The minimum absolute atomic E-state index is 1.01. The van der Waals surface area contributed by atoms with Crippen LogP contribution in [0.4, 0.5) is 0 Å². The highest BCUT2D eigenvalue weighted by atomic mass is 14.7. The molecule has 0 saturated carbocycles. The molecule has 136 valence electrons. The maximum atomic E-state index is 3.44. The summed E-state index contributed by atoms with van der Waals surface area (Å²) in [5.41, 5.74) is 15.4. The summed E-state index contributed by atoms with van der Waals surface area (Å²) in [6.45, 7) is 11.1. The SMILES string of the molecule is CC=CC=Cc1ccc2c(c1C)-c1c(C)c(C)c(C)c(-c3ccc[nH]3)c1C2. The summed E-state index contributed by atoms with van der Waals surface area (Å²) in [7, 11) is 0. The first-order valence-corrected chi connectivity index (χ1v) is 9.73. The molecule has 1 heteroatoms. The van der Waals surface area contributed by atoms with Crippen molar-refractivity contribution in [3.05, 3.63) is 87.6 Å². The zero-order chi connectivity index (χ0) is 19.1. The van der Waals surface area contributed by atoms with Gasteiger partial charge in [-0.3, -0.25) is 0 Å². The number of H-pyrrole nitrogens is 1. The first kappa shape index (κ1) is 17.6. The van der Waals surface area contributed by atoms with E-state index in [4.69, 9.17) is 0 Å². The Kier molecular flexibility index (Phi) is 4.39. The molecule has 0 saturated heterocycles. The zero-order valence-electron chi connectivity index (χ0n) is 16.9. The number of fused-ring (bicyclic) bond motifs is 3. The van der Waals surface area contributed by atoms with Gasteiger partial charge in [0.15, 0.2) is 0 Å². The van der Waals surface area contributed by atoms with Gasteiger partial charge in [0.25, 0.3) is 0 Å². The fourth-order valence-electron chi connectivity index (χ4n) is 4.52. The van der Waals surface area contributed by atoms with Gasteiger partial charge in [-0.2, -0.15) is 0 Å². The molecule has 4 rings (SSSR count). The molecule has 0 spiro atoms. The summed E-state index contributed by atoms with van der Waals surface area (Å²) >= 11 is 0. The fraction of sp³-hybridized carbons (Fsp3) is 0.231. The smallest absolute Gasteiger partial charge is 0.0459 e. The lowest BCUT2D eigenvalue weighted by Crippen LogP contribution is -1.99. The summed E-state index contributed by atoms with van der Waals surface area (Å²) in [5.74, 6) is 0. The Morgan fingerprint density at radius 1 is 0.815 bits per heavy atom. The molecule has 1 aliphatic rings. The van der Waals surface area contributed by atoms with Gasteiger partial charge in [0.2, 0.25) is 0 Å². The molecule has 1 nitrogen and oxygen atoms in total. The van der Waals surface area contributed by atoms with Crippen molar-refractivity contribution in [1.29, 1.82) is 0 Å². The van der Waals surface area contributed by atoms with E-state index in [2.05, 4.69) is 81.2 Å². The molecule has 0 atom stereocenters. The van der Waals surface area contributed by atoms with Crippen molar-refractivity contribution in [3.8, 4) is 22.4 Å². The van der Waals surface area contributed by atoms with E-state index in [-0.39, 0.29) is 0 Å². The third kappa shape index (κ3) is 2.70. The van der Waals surface area contributed by atoms with Gasteiger partial charge in [0.1, 0.15) is 0 Å². The van der Waals surface area contributed by atoms with Crippen LogP contribution in [0.2, 0.25) is 0 Å². The number of nitrogens with one attached hydrogen (secondary N) is 1. The number of aromatic nitrogens is 1. The third-order valence-corrected chi connectivity index (χ3v) is 6.14. The van der Waals surface area contributed by atoms with Crippen LogP contribution in [0.1, 0.15) is 45.9 Å². The average Bonchev–Trinajstić information content (AvgIpc) is 3.30. The molecule has 1 N–H and O–H groups in total. The predicted octanol–water partition coefficient (Wildman–Crippen LogP) is 7.08. The summed E-state index contributed by atoms with van der Waals surface area (Å²) < 4.78 is 0. The number of allylic oxidation sites excluding steroid dienone is 3. The Morgan fingerprint density at radius 2 is 1.59 bits per heavy atom. The quantitative estimate of drug-likeness (QED) is 0.379. The largest absolute Gasteiger partial charge is 0.361 e. The van der Waals surface area contributed by atoms with Gasteiger partial charge in [-0.1, -0.05) is 36.4 Å². The minimum atomic E-state index is 1.01. The fourth-order valence-corrected chi connectivity index (χ4v) is 4.52. The number of benzene rings is 2. The summed E-state index contributed by atoms with van der Waals surface area (Å²) in [6.07, 6.45) is 11.5. The minimum Gasteiger partial charge on any atom is -0.361 e. The molecule has 0 unspecified atom stereocenters. The van der Waals surface area contributed by atoms with Gasteiger partial charge < -0.3 is 4.98 Å². The molecule has 3 aromatic rings. The molecule has 0 bridgehead atoms. The Hall–Kier alpha value is -2.80. The van der Waals surface area contributed by atoms with Gasteiger partial charge in [0, 0.05) is 17.5 Å². The van der Waals surface area contributed by atoms with Crippen molar-refractivity contribution in [2.75, 3.05) is 0 Å². The zero-order valence-corrected chi connectivity index (χ0v) is 16.9. The highest BCUT2D eigenvalue weighted by Gasteiger charge is 2.28. The van der Waals surface area contributed by atoms with Crippen LogP contribution in [0.15, 0.2) is 48.7 Å². The Labute approximate surface area is 162 Å². The topological polar surface area (TPSA) is 15.8 Å². The van der Waals surface area contributed by atoms with E-state index < -0.39 is 0 Å². The maximum Gasteiger partial charge on any atom is 0.0459 e. The number of hydrogen-bond donors (Lipinski definition) is 1. The number of hydrogen-bond acceptors (Lipinski definition) is 0. The lowest BCUT2D eigenvalue weighted by molar-refractivity contribution is 1.19. The van der Waals surface area contributed by atoms with Crippen LogP contribution in [0.25, 0.3) is 28.5 Å². The second kappa shape index (κ2) is 6.74. The van der Waals surface area contributed by atoms with E-state index in [1.807, 2.05) is 13.1 Å². The number of aromatic amines is 1. The molecular formula is C26H27N. The Bertz CT molecular complexity index is 1080. The summed E-state index contributed by atoms with van der Waals surface area (Å²) in [6, 6.07) is 8.87. The van der Waals surface area contributed by atoms with Gasteiger partial charge in [-0.15, -0.1) is 0 Å². The Balaban J connectivity index is 2.00. The molecule has 1 heterocycles. The summed E-state index contributed by atoms with van der Waals surface area (Å²) in [5, 5.41) is 0. The van der Waals surface area contributed by atoms with Crippen LogP contribution >= 0.6 is 0 Å². The Morgan fingerprint density at radius 3 is 2.30 bits per heavy atom. The lowest BCUT2D eigenvalue weighted by atomic mass is 9.86. The molecule has 27 heavy (non-hydrogen) atoms. The van der Waals surface area contributed by atoms with Crippen LogP contribution < -0.4 is 0 Å². The van der Waals surface area contributed by atoms with Crippen molar-refractivity contribution in [3.63, 3.8) is 0 Å². The number of rotatable bonds is 3. The molecule has 0 aliphatic heterocycles. The second-order valence-corrected chi connectivity index (χ2v) is 7.56. The highest BCUT2D eigenvalue weighted by molar-refractivity contribution is 5.91. The van der Waals surface area contributed by atoms with Crippen LogP contribution in [-0.4, -0.2) is 4.98 Å². The van der Waals surface area contributed by atoms with Crippen molar-refractivity contribution in [2.24, 2.45) is 0 Å². The molecule has 0 fully saturated rings. The van der Waals surface area contributed by atoms with E-state index in [1.165, 1.54) is 61.3 Å². The van der Waals surface area contributed by atoms with Gasteiger partial charge in [-0.25, -0.2) is 0 Å². The monoisotopic (exact) mass is 353 g/mol. The standard InChI is InChI=1S/C26H27N/c1-6-7-8-10-20-12-13-21-15-22-25(23-11-9-14-27-23)17(3)16(2)18(4)26(22)24(21)19(20)5/h6-14,27H,15H2,1-5H3. The lowest BCUT2D eigenvalue weighted by Gasteiger charge is -2.19. The van der Waals surface area contributed by atoms with Gasteiger partial charge in [0.05, 0.1) is 0 Å². The molecule has 1 aromatic heterocycles. The van der Waals surface area contributed by atoms with Crippen LogP contribution in [0.3, 0.4) is 0 Å².